The molecule has 1 N–H and O–H groups in total. The van der Waals surface area contributed by atoms with E-state index >= 15 is 0 Å². The van der Waals surface area contributed by atoms with Crippen molar-refractivity contribution >= 4 is 11.9 Å². The van der Waals surface area contributed by atoms with Gasteiger partial charge in [0.2, 0.25) is 0 Å². The highest BCUT2D eigenvalue weighted by Crippen LogP contribution is 2.20. The summed E-state index contributed by atoms with van der Waals surface area (Å²) in [6.45, 7) is 2.62. The van der Waals surface area contributed by atoms with Crippen LogP contribution in [0.15, 0.2) is 84.0 Å². The lowest BCUT2D eigenvalue weighted by atomic mass is 10.1. The fraction of sp³-hybridized carbons (Fsp3) is 0.0952. The molecule has 3 nitrogen and oxygen atoms in total. The topological polar surface area (TPSA) is 33.6 Å². The monoisotopic (exact) mass is 316 g/mol. The van der Waals surface area contributed by atoms with Crippen molar-refractivity contribution in [1.29, 1.82) is 0 Å². The first-order valence-electron chi connectivity index (χ1n) is 7.93. The molecule has 0 aliphatic rings. The maximum Gasteiger partial charge on any atom is 0.122 e. The molecule has 24 heavy (non-hydrogen) atoms. The van der Waals surface area contributed by atoms with E-state index in [1.807, 2.05) is 67.6 Å². The van der Waals surface area contributed by atoms with Gasteiger partial charge in [-0.05, 0) is 53.9 Å². The van der Waals surface area contributed by atoms with Gasteiger partial charge >= 0.3 is 0 Å². The average Bonchev–Trinajstić information content (AvgIpc) is 2.63. The summed E-state index contributed by atoms with van der Waals surface area (Å²) in [4.78, 5) is 0. The van der Waals surface area contributed by atoms with Gasteiger partial charge in [0.25, 0.3) is 0 Å². The number of hydrogen-bond donors (Lipinski definition) is 1. The Labute approximate surface area is 142 Å². The second-order valence-electron chi connectivity index (χ2n) is 5.54. The van der Waals surface area contributed by atoms with Crippen molar-refractivity contribution in [2.75, 3.05) is 5.43 Å². The summed E-state index contributed by atoms with van der Waals surface area (Å²) >= 11 is 0. The van der Waals surface area contributed by atoms with Crippen molar-refractivity contribution < 1.29 is 4.74 Å². The number of aryl methyl sites for hydroxylation is 1. The van der Waals surface area contributed by atoms with Gasteiger partial charge in [-0.2, -0.15) is 5.10 Å². The summed E-state index contributed by atoms with van der Waals surface area (Å²) in [7, 11) is 0. The van der Waals surface area contributed by atoms with Crippen LogP contribution in [0, 0.1) is 6.92 Å². The molecule has 120 valence electrons. The molecule has 0 saturated heterocycles. The molecule has 0 fully saturated rings. The Bertz CT molecular complexity index is 799. The zero-order valence-electron chi connectivity index (χ0n) is 13.6. The minimum atomic E-state index is 0.574. The third-order valence-corrected chi connectivity index (χ3v) is 3.62. The lowest BCUT2D eigenvalue weighted by molar-refractivity contribution is 0.304. The molecular weight excluding hydrogens is 296 g/mol. The predicted molar refractivity (Wildman–Crippen MR) is 99.6 cm³/mol. The maximum absolute atomic E-state index is 5.89. The SMILES string of the molecule is Cc1cc(C=NNc2ccccc2)ccc1OCc1ccccc1. The smallest absolute Gasteiger partial charge is 0.122 e. The molecule has 0 unspecified atom stereocenters. The predicted octanol–water partition coefficient (Wildman–Crippen LogP) is 5.02. The van der Waals surface area contributed by atoms with Gasteiger partial charge in [0.1, 0.15) is 12.4 Å². The number of rotatable bonds is 6. The standard InChI is InChI=1S/C21H20N2O/c1-17-14-19(15-22-23-20-10-6-3-7-11-20)12-13-21(17)24-16-18-8-4-2-5-9-18/h2-15,23H,16H2,1H3. The zero-order chi connectivity index (χ0) is 16.6. The van der Waals surface area contributed by atoms with Crippen LogP contribution in [0.2, 0.25) is 0 Å². The van der Waals surface area contributed by atoms with Crippen LogP contribution in [0.25, 0.3) is 0 Å². The fourth-order valence-electron chi connectivity index (χ4n) is 2.34. The molecule has 0 aromatic heterocycles. The van der Waals surface area contributed by atoms with Gasteiger partial charge in [-0.15, -0.1) is 0 Å². The van der Waals surface area contributed by atoms with E-state index in [9.17, 15) is 0 Å². The summed E-state index contributed by atoms with van der Waals surface area (Å²) in [6.07, 6.45) is 1.81. The summed E-state index contributed by atoms with van der Waals surface area (Å²) in [5.41, 5.74) is 7.26. The van der Waals surface area contributed by atoms with Gasteiger partial charge in [0.15, 0.2) is 0 Å². The van der Waals surface area contributed by atoms with Crippen LogP contribution in [0.3, 0.4) is 0 Å². The van der Waals surface area contributed by atoms with E-state index in [-0.39, 0.29) is 0 Å². The largest absolute Gasteiger partial charge is 0.489 e. The minimum Gasteiger partial charge on any atom is -0.489 e. The van der Waals surface area contributed by atoms with Crippen molar-refractivity contribution in [1.82, 2.24) is 0 Å². The van der Waals surface area contributed by atoms with E-state index in [1.165, 1.54) is 0 Å². The molecule has 0 amide bonds. The van der Waals surface area contributed by atoms with Crippen molar-refractivity contribution in [2.24, 2.45) is 5.10 Å². The Morgan fingerprint density at radius 3 is 2.33 bits per heavy atom. The molecule has 0 saturated carbocycles. The Morgan fingerprint density at radius 1 is 0.917 bits per heavy atom. The first-order chi connectivity index (χ1) is 11.8. The number of ether oxygens (including phenoxy) is 1. The normalized spacial score (nSPS) is 10.7. The summed E-state index contributed by atoms with van der Waals surface area (Å²) in [5.74, 6) is 0.895. The molecule has 0 spiro atoms. The molecule has 0 heterocycles. The molecule has 0 bridgehead atoms. The van der Waals surface area contributed by atoms with Gasteiger partial charge in [0, 0.05) is 0 Å². The average molecular weight is 316 g/mol. The lowest BCUT2D eigenvalue weighted by Crippen LogP contribution is -1.97. The first-order valence-corrected chi connectivity index (χ1v) is 7.93. The van der Waals surface area contributed by atoms with E-state index < -0.39 is 0 Å². The highest BCUT2D eigenvalue weighted by atomic mass is 16.5. The van der Waals surface area contributed by atoms with Crippen molar-refractivity contribution in [2.45, 2.75) is 13.5 Å². The Balaban J connectivity index is 1.60. The molecule has 3 heteroatoms. The van der Waals surface area contributed by atoms with Crippen LogP contribution < -0.4 is 10.2 Å². The zero-order valence-corrected chi connectivity index (χ0v) is 13.6. The van der Waals surface area contributed by atoms with E-state index in [4.69, 9.17) is 4.74 Å². The van der Waals surface area contributed by atoms with Gasteiger partial charge in [-0.1, -0.05) is 48.5 Å². The van der Waals surface area contributed by atoms with Crippen molar-refractivity contribution in [3.05, 3.63) is 95.6 Å². The number of benzene rings is 3. The van der Waals surface area contributed by atoms with Crippen LogP contribution in [0.4, 0.5) is 5.69 Å². The van der Waals surface area contributed by atoms with Crippen molar-refractivity contribution in [3.63, 3.8) is 0 Å². The van der Waals surface area contributed by atoms with E-state index in [0.29, 0.717) is 6.61 Å². The van der Waals surface area contributed by atoms with Crippen LogP contribution in [-0.4, -0.2) is 6.21 Å². The fourth-order valence-corrected chi connectivity index (χ4v) is 2.34. The Morgan fingerprint density at radius 2 is 1.62 bits per heavy atom. The molecular formula is C21H20N2O. The number of anilines is 1. The van der Waals surface area contributed by atoms with Crippen LogP contribution in [-0.2, 0) is 6.61 Å². The van der Waals surface area contributed by atoms with Gasteiger partial charge < -0.3 is 4.74 Å². The second kappa shape index (κ2) is 7.97. The number of nitrogens with one attached hydrogen (secondary N) is 1. The number of para-hydroxylation sites is 1. The number of hydrazone groups is 1. The molecule has 0 atom stereocenters. The quantitative estimate of drug-likeness (QED) is 0.512. The van der Waals surface area contributed by atoms with Crippen LogP contribution in [0.5, 0.6) is 5.75 Å². The Hall–Kier alpha value is -3.07. The van der Waals surface area contributed by atoms with Gasteiger partial charge in [-0.25, -0.2) is 0 Å². The van der Waals surface area contributed by atoms with Gasteiger partial charge in [-0.3, -0.25) is 5.43 Å². The summed E-state index contributed by atoms with van der Waals surface area (Å²) in [6, 6.07) is 26.1. The van der Waals surface area contributed by atoms with E-state index in [2.05, 4.69) is 28.7 Å². The first kappa shape index (κ1) is 15.8. The molecule has 3 aromatic carbocycles. The van der Waals surface area contributed by atoms with Crippen LogP contribution in [0.1, 0.15) is 16.7 Å². The lowest BCUT2D eigenvalue weighted by Gasteiger charge is -2.09. The number of hydrogen-bond acceptors (Lipinski definition) is 3. The minimum absolute atomic E-state index is 0.574. The maximum atomic E-state index is 5.89. The van der Waals surface area contributed by atoms with E-state index in [0.717, 1.165) is 28.1 Å². The third kappa shape index (κ3) is 4.46. The Kier molecular flexibility index (Phi) is 5.25. The highest BCUT2D eigenvalue weighted by Gasteiger charge is 2.01. The van der Waals surface area contributed by atoms with Gasteiger partial charge in [0.05, 0.1) is 11.9 Å². The van der Waals surface area contributed by atoms with Crippen LogP contribution >= 0.6 is 0 Å². The molecule has 3 rings (SSSR count). The molecule has 0 radical (unpaired) electrons. The molecule has 3 aromatic rings. The highest BCUT2D eigenvalue weighted by molar-refractivity contribution is 5.80. The summed E-state index contributed by atoms with van der Waals surface area (Å²) < 4.78 is 5.89. The molecule has 0 aliphatic carbocycles. The second-order valence-corrected chi connectivity index (χ2v) is 5.54. The third-order valence-electron chi connectivity index (χ3n) is 3.62. The summed E-state index contributed by atoms with van der Waals surface area (Å²) in [5, 5.41) is 4.26. The molecule has 0 aliphatic heterocycles. The van der Waals surface area contributed by atoms with Crippen molar-refractivity contribution in [3.8, 4) is 5.75 Å². The van der Waals surface area contributed by atoms with E-state index in [1.54, 1.807) is 6.21 Å². The number of nitrogens with zero attached hydrogens (tertiary/aromatic N) is 1.